The molecule has 0 amide bonds. The molecule has 98 valence electrons. The van der Waals surface area contributed by atoms with Gasteiger partial charge in [-0.3, -0.25) is 0 Å². The van der Waals surface area contributed by atoms with Crippen LogP contribution >= 0.6 is 15.9 Å². The first kappa shape index (κ1) is 13.4. The quantitative estimate of drug-likeness (QED) is 0.899. The van der Waals surface area contributed by atoms with Crippen LogP contribution in [0.15, 0.2) is 22.7 Å². The molecule has 1 aromatic carbocycles. The molecule has 0 saturated carbocycles. The van der Waals surface area contributed by atoms with Crippen LogP contribution in [-0.4, -0.2) is 15.8 Å². The van der Waals surface area contributed by atoms with Gasteiger partial charge in [-0.2, -0.15) is 13.2 Å². The minimum absolute atomic E-state index is 0.185. The van der Waals surface area contributed by atoms with E-state index in [1.54, 1.807) is 19.2 Å². The molecular formula is C12H11BrF3NO. The van der Waals surface area contributed by atoms with E-state index in [9.17, 15) is 18.3 Å². The Morgan fingerprint density at radius 3 is 2.56 bits per heavy atom. The largest absolute Gasteiger partial charge is 0.394 e. The van der Waals surface area contributed by atoms with Gasteiger partial charge in [-0.15, -0.1) is 0 Å². The predicted molar refractivity (Wildman–Crippen MR) is 66.3 cm³/mol. The number of aliphatic hydroxyl groups is 1. The van der Waals surface area contributed by atoms with Crippen molar-refractivity contribution in [1.29, 1.82) is 0 Å². The van der Waals surface area contributed by atoms with E-state index in [0.29, 0.717) is 20.9 Å². The zero-order valence-corrected chi connectivity index (χ0v) is 11.1. The fraction of sp³-hybridized carbons (Fsp3) is 0.333. The lowest BCUT2D eigenvalue weighted by Gasteiger charge is -2.09. The van der Waals surface area contributed by atoms with Gasteiger partial charge in [-0.25, -0.2) is 0 Å². The summed E-state index contributed by atoms with van der Waals surface area (Å²) in [5.41, 5.74) is 1.42. The second kappa shape index (κ2) is 4.59. The third kappa shape index (κ3) is 2.40. The third-order valence-corrected chi connectivity index (χ3v) is 3.63. The van der Waals surface area contributed by atoms with Gasteiger partial charge in [-0.1, -0.05) is 22.0 Å². The van der Waals surface area contributed by atoms with Crippen molar-refractivity contribution < 1.29 is 18.3 Å². The van der Waals surface area contributed by atoms with Crippen LogP contribution in [0.3, 0.4) is 0 Å². The van der Waals surface area contributed by atoms with Gasteiger partial charge in [0.25, 0.3) is 0 Å². The molecule has 0 spiro atoms. The molecule has 0 atom stereocenters. The summed E-state index contributed by atoms with van der Waals surface area (Å²) < 4.78 is 39.5. The monoisotopic (exact) mass is 321 g/mol. The molecule has 1 aromatic heterocycles. The summed E-state index contributed by atoms with van der Waals surface area (Å²) in [4.78, 5) is 0. The number of halogens is 4. The molecule has 2 rings (SSSR count). The van der Waals surface area contributed by atoms with Crippen molar-refractivity contribution in [3.05, 3.63) is 33.9 Å². The van der Waals surface area contributed by atoms with Gasteiger partial charge in [0.05, 0.1) is 18.5 Å². The minimum Gasteiger partial charge on any atom is -0.392 e. The highest BCUT2D eigenvalue weighted by atomic mass is 79.9. The summed E-state index contributed by atoms with van der Waals surface area (Å²) in [6.45, 7) is -0.221. The topological polar surface area (TPSA) is 25.2 Å². The van der Waals surface area contributed by atoms with E-state index in [0.717, 1.165) is 0 Å². The highest BCUT2D eigenvalue weighted by Crippen LogP contribution is 2.31. The van der Waals surface area contributed by atoms with Crippen molar-refractivity contribution in [3.63, 3.8) is 0 Å². The van der Waals surface area contributed by atoms with Crippen LogP contribution in [0.2, 0.25) is 0 Å². The number of aliphatic hydroxyl groups excluding tert-OH is 1. The zero-order valence-electron chi connectivity index (χ0n) is 9.55. The normalized spacial score (nSPS) is 12.3. The molecule has 2 nitrogen and oxygen atoms in total. The maximum Gasteiger partial charge on any atom is 0.394 e. The zero-order chi connectivity index (χ0) is 13.5. The van der Waals surface area contributed by atoms with Crippen molar-refractivity contribution in [2.75, 3.05) is 0 Å². The Bertz CT molecular complexity index is 589. The molecule has 0 unspecified atom stereocenters. The van der Waals surface area contributed by atoms with Gasteiger partial charge in [-0.05, 0) is 12.1 Å². The van der Waals surface area contributed by atoms with Gasteiger partial charge in [0.15, 0.2) is 0 Å². The average molecular weight is 322 g/mol. The van der Waals surface area contributed by atoms with Gasteiger partial charge < -0.3 is 9.67 Å². The van der Waals surface area contributed by atoms with Crippen molar-refractivity contribution in [3.8, 4) is 0 Å². The lowest BCUT2D eigenvalue weighted by Crippen LogP contribution is -2.14. The fourth-order valence-electron chi connectivity index (χ4n) is 2.09. The van der Waals surface area contributed by atoms with E-state index in [1.807, 2.05) is 0 Å². The summed E-state index contributed by atoms with van der Waals surface area (Å²) in [5.74, 6) is 0. The van der Waals surface area contributed by atoms with Crippen LogP contribution in [0.1, 0.15) is 11.3 Å². The fourth-order valence-corrected chi connectivity index (χ4v) is 2.53. The van der Waals surface area contributed by atoms with E-state index in [4.69, 9.17) is 0 Å². The lowest BCUT2D eigenvalue weighted by atomic mass is 10.1. The van der Waals surface area contributed by atoms with Crippen molar-refractivity contribution in [2.45, 2.75) is 19.2 Å². The van der Waals surface area contributed by atoms with E-state index in [2.05, 4.69) is 15.9 Å². The lowest BCUT2D eigenvalue weighted by molar-refractivity contribution is -0.128. The molecule has 1 N–H and O–H groups in total. The van der Waals surface area contributed by atoms with E-state index >= 15 is 0 Å². The number of aryl methyl sites for hydroxylation is 1. The summed E-state index contributed by atoms with van der Waals surface area (Å²) >= 11 is 3.29. The smallest absolute Gasteiger partial charge is 0.392 e. The van der Waals surface area contributed by atoms with Gasteiger partial charge in [0.2, 0.25) is 0 Å². The Hall–Kier alpha value is -1.01. The summed E-state index contributed by atoms with van der Waals surface area (Å²) in [7, 11) is 1.58. The van der Waals surface area contributed by atoms with E-state index in [1.165, 1.54) is 10.6 Å². The maximum absolute atomic E-state index is 12.4. The first-order chi connectivity index (χ1) is 8.33. The van der Waals surface area contributed by atoms with Crippen molar-refractivity contribution in [1.82, 2.24) is 4.57 Å². The molecule has 0 radical (unpaired) electrons. The van der Waals surface area contributed by atoms with Crippen LogP contribution in [0.25, 0.3) is 10.9 Å². The van der Waals surface area contributed by atoms with Gasteiger partial charge in [0.1, 0.15) is 0 Å². The summed E-state index contributed by atoms with van der Waals surface area (Å²) in [5, 5.41) is 10.0. The van der Waals surface area contributed by atoms with E-state index in [-0.39, 0.29) is 12.3 Å². The van der Waals surface area contributed by atoms with Crippen LogP contribution in [0.5, 0.6) is 0 Å². The molecule has 0 aliphatic carbocycles. The maximum atomic E-state index is 12.4. The Balaban J connectivity index is 2.63. The molecule has 2 aromatic rings. The number of nitrogens with zero attached hydrogens (tertiary/aromatic N) is 1. The number of aromatic nitrogens is 1. The molecule has 0 saturated heterocycles. The minimum atomic E-state index is -4.24. The average Bonchev–Trinajstić information content (AvgIpc) is 2.55. The van der Waals surface area contributed by atoms with E-state index < -0.39 is 12.6 Å². The van der Waals surface area contributed by atoms with Crippen molar-refractivity contribution in [2.24, 2.45) is 7.05 Å². The van der Waals surface area contributed by atoms with Gasteiger partial charge in [0, 0.05) is 28.2 Å². The number of fused-ring (bicyclic) bond motifs is 1. The van der Waals surface area contributed by atoms with Crippen LogP contribution < -0.4 is 0 Å². The predicted octanol–water partition coefficient (Wildman–Crippen LogP) is 3.54. The summed E-state index contributed by atoms with van der Waals surface area (Å²) in [6, 6.07) is 4.97. The first-order valence-electron chi connectivity index (χ1n) is 5.27. The highest BCUT2D eigenvalue weighted by molar-refractivity contribution is 9.10. The Morgan fingerprint density at radius 2 is 2.00 bits per heavy atom. The number of hydrogen-bond donors (Lipinski definition) is 1. The second-order valence-corrected chi connectivity index (χ2v) is 4.96. The molecule has 0 bridgehead atoms. The molecule has 0 aliphatic heterocycles. The van der Waals surface area contributed by atoms with Crippen LogP contribution in [0.4, 0.5) is 13.2 Å². The first-order valence-corrected chi connectivity index (χ1v) is 6.06. The molecule has 6 heteroatoms. The number of benzene rings is 1. The highest BCUT2D eigenvalue weighted by Gasteiger charge is 2.29. The Morgan fingerprint density at radius 1 is 1.33 bits per heavy atom. The molecule has 0 fully saturated rings. The van der Waals surface area contributed by atoms with Crippen LogP contribution in [0, 0.1) is 0 Å². The number of alkyl halides is 3. The summed E-state index contributed by atoms with van der Waals surface area (Å²) in [6.07, 6.45) is -5.21. The van der Waals surface area contributed by atoms with Crippen LogP contribution in [-0.2, 0) is 20.1 Å². The second-order valence-electron chi connectivity index (χ2n) is 4.11. The molecular weight excluding hydrogens is 311 g/mol. The molecule has 0 aliphatic rings. The van der Waals surface area contributed by atoms with Crippen molar-refractivity contribution >= 4 is 26.8 Å². The SMILES string of the molecule is Cn1c(CC(F)(F)F)cc2ccc(Br)c(CO)c21. The number of hydrogen-bond acceptors (Lipinski definition) is 1. The third-order valence-electron chi connectivity index (χ3n) is 2.88. The standard InChI is InChI=1S/C12H11BrF3NO/c1-17-8(5-12(14,15)16)4-7-2-3-10(13)9(6-18)11(7)17/h2-4,18H,5-6H2,1H3. The van der Waals surface area contributed by atoms with Gasteiger partial charge >= 0.3 is 6.18 Å². The Labute approximate surface area is 110 Å². The Kier molecular flexibility index (Phi) is 3.42. The number of rotatable bonds is 2. The molecule has 1 heterocycles. The molecule has 18 heavy (non-hydrogen) atoms.